The van der Waals surface area contributed by atoms with Gasteiger partial charge in [0.1, 0.15) is 0 Å². The first kappa shape index (κ1) is 24.7. The molecule has 0 saturated carbocycles. The summed E-state index contributed by atoms with van der Waals surface area (Å²) in [7, 11) is -3.81. The molecule has 1 fully saturated rings. The highest BCUT2D eigenvalue weighted by Gasteiger charge is 2.24. The molecule has 0 aliphatic carbocycles. The number of aromatic nitrogens is 4. The average Bonchev–Trinajstić information content (AvgIpc) is 3.20. The van der Waals surface area contributed by atoms with Crippen LogP contribution in [-0.4, -0.2) is 52.5 Å². The number of hydrogen-bond donors (Lipinski definition) is 2. The van der Waals surface area contributed by atoms with Gasteiger partial charge in [0.05, 0.1) is 22.5 Å². The molecule has 0 spiro atoms. The Kier molecular flexibility index (Phi) is 6.71. The summed E-state index contributed by atoms with van der Waals surface area (Å²) in [5.74, 6) is 0.714. The number of anilines is 2. The second-order valence-electron chi connectivity index (χ2n) is 9.22. The molecule has 3 aromatic heterocycles. The summed E-state index contributed by atoms with van der Waals surface area (Å²) in [6.45, 7) is 8.39. The fourth-order valence-electron chi connectivity index (χ4n) is 4.55. The predicted octanol–water partition coefficient (Wildman–Crippen LogP) is 3.93. The molecule has 36 heavy (non-hydrogen) atoms. The maximum atomic E-state index is 13.4. The second-order valence-corrected chi connectivity index (χ2v) is 11.9. The van der Waals surface area contributed by atoms with Crippen LogP contribution >= 0.6 is 15.9 Å². The fourth-order valence-corrected chi connectivity index (χ4v) is 6.60. The van der Waals surface area contributed by atoms with Crippen LogP contribution in [0.3, 0.4) is 0 Å². The van der Waals surface area contributed by atoms with Gasteiger partial charge in [-0.15, -0.1) is 0 Å². The summed E-state index contributed by atoms with van der Waals surface area (Å²) < 4.78 is 28.6. The minimum Gasteiger partial charge on any atom is -0.379 e. The number of aryl methyl sites for hydroxylation is 1. The summed E-state index contributed by atoms with van der Waals surface area (Å²) in [4.78, 5) is 16.1. The molecule has 9 nitrogen and oxygen atoms in total. The van der Waals surface area contributed by atoms with Crippen molar-refractivity contribution in [3.63, 3.8) is 0 Å². The van der Waals surface area contributed by atoms with E-state index in [0.29, 0.717) is 40.1 Å². The monoisotopic (exact) mass is 569 g/mol. The zero-order chi connectivity index (χ0) is 25.4. The van der Waals surface area contributed by atoms with Crippen molar-refractivity contribution in [2.75, 3.05) is 23.3 Å². The molecule has 0 unspecified atom stereocenters. The number of benzene rings is 1. The Morgan fingerprint density at radius 2 is 1.75 bits per heavy atom. The van der Waals surface area contributed by atoms with Gasteiger partial charge in [0.25, 0.3) is 10.0 Å². The molecule has 0 amide bonds. The molecule has 2 N–H and O–H groups in total. The smallest absolute Gasteiger partial charge is 0.269 e. The Bertz CT molecular complexity index is 1490. The third kappa shape index (κ3) is 4.82. The van der Waals surface area contributed by atoms with Crippen molar-refractivity contribution in [1.82, 2.24) is 24.2 Å². The summed E-state index contributed by atoms with van der Waals surface area (Å²) in [6.07, 6.45) is 4.93. The largest absolute Gasteiger partial charge is 0.379 e. The lowest BCUT2D eigenvalue weighted by Gasteiger charge is -2.36. The van der Waals surface area contributed by atoms with Crippen molar-refractivity contribution in [1.29, 1.82) is 0 Å². The van der Waals surface area contributed by atoms with Crippen molar-refractivity contribution in [3.8, 4) is 0 Å². The van der Waals surface area contributed by atoms with E-state index < -0.39 is 10.0 Å². The molecule has 188 valence electrons. The van der Waals surface area contributed by atoms with Crippen molar-refractivity contribution in [2.45, 2.75) is 44.3 Å². The fraction of sp³-hybridized carbons (Fsp3) is 0.320. The van der Waals surface area contributed by atoms with Gasteiger partial charge >= 0.3 is 0 Å². The van der Waals surface area contributed by atoms with Crippen molar-refractivity contribution in [3.05, 3.63) is 70.7 Å². The van der Waals surface area contributed by atoms with E-state index in [1.165, 1.54) is 3.97 Å². The molecule has 4 heterocycles. The van der Waals surface area contributed by atoms with E-state index in [4.69, 9.17) is 4.98 Å². The highest BCUT2D eigenvalue weighted by molar-refractivity contribution is 9.10. The average molecular weight is 571 g/mol. The van der Waals surface area contributed by atoms with Crippen LogP contribution < -0.4 is 15.5 Å². The zero-order valence-corrected chi connectivity index (χ0v) is 22.7. The van der Waals surface area contributed by atoms with Gasteiger partial charge < -0.3 is 15.5 Å². The Morgan fingerprint density at radius 3 is 2.47 bits per heavy atom. The number of fused-ring (bicyclic) bond motifs is 1. The van der Waals surface area contributed by atoms with Gasteiger partial charge in [-0.1, -0.05) is 17.7 Å². The number of nitrogens with one attached hydrogen (secondary N) is 2. The summed E-state index contributed by atoms with van der Waals surface area (Å²) in [6, 6.07) is 11.2. The molecular weight excluding hydrogens is 542 g/mol. The second kappa shape index (κ2) is 9.79. The van der Waals surface area contributed by atoms with Crippen LogP contribution in [-0.2, 0) is 16.6 Å². The normalized spacial score (nSPS) is 18.5. The first-order chi connectivity index (χ1) is 17.2. The van der Waals surface area contributed by atoms with Gasteiger partial charge in [-0.3, -0.25) is 0 Å². The van der Waals surface area contributed by atoms with E-state index in [1.54, 1.807) is 42.9 Å². The number of rotatable bonds is 6. The van der Waals surface area contributed by atoms with Crippen LogP contribution in [0.15, 0.2) is 64.4 Å². The molecule has 5 rings (SSSR count). The lowest BCUT2D eigenvalue weighted by molar-refractivity contribution is 0.403. The van der Waals surface area contributed by atoms with Crippen LogP contribution in [0.1, 0.15) is 25.1 Å². The summed E-state index contributed by atoms with van der Waals surface area (Å²) in [5, 5.41) is 7.62. The van der Waals surface area contributed by atoms with Crippen molar-refractivity contribution < 1.29 is 8.42 Å². The van der Waals surface area contributed by atoms with Gasteiger partial charge in [0.2, 0.25) is 5.95 Å². The maximum Gasteiger partial charge on any atom is 0.269 e. The van der Waals surface area contributed by atoms with Gasteiger partial charge in [0, 0.05) is 53.9 Å². The summed E-state index contributed by atoms with van der Waals surface area (Å²) >= 11 is 3.54. The Morgan fingerprint density at radius 1 is 1.06 bits per heavy atom. The molecule has 0 radical (unpaired) electrons. The Hall–Kier alpha value is -3.02. The van der Waals surface area contributed by atoms with E-state index in [-0.39, 0.29) is 4.90 Å². The first-order valence-corrected chi connectivity index (χ1v) is 14.0. The lowest BCUT2D eigenvalue weighted by atomic mass is 10.1. The SMILES string of the molecule is Cc1ccc(S(=O)(=O)n2cc(Br)c3c(NCc4ccnc(N5C[C@@H](C)N[C@@H](C)C5)n4)ccnc32)cc1. The van der Waals surface area contributed by atoms with E-state index in [0.717, 1.165) is 30.0 Å². The van der Waals surface area contributed by atoms with Crippen LogP contribution in [0.2, 0.25) is 0 Å². The third-order valence-corrected chi connectivity index (χ3v) is 8.45. The Labute approximate surface area is 219 Å². The molecule has 0 bridgehead atoms. The van der Waals surface area contributed by atoms with Gasteiger partial charge in [-0.05, 0) is 61.0 Å². The number of hydrogen-bond acceptors (Lipinski definition) is 8. The topological polar surface area (TPSA) is 105 Å². The van der Waals surface area contributed by atoms with Crippen LogP contribution in [0.25, 0.3) is 11.0 Å². The van der Waals surface area contributed by atoms with Crippen LogP contribution in [0, 0.1) is 6.92 Å². The molecule has 11 heteroatoms. The van der Waals surface area contributed by atoms with E-state index in [9.17, 15) is 8.42 Å². The number of nitrogens with zero attached hydrogens (tertiary/aromatic N) is 5. The van der Waals surface area contributed by atoms with E-state index in [1.807, 2.05) is 19.1 Å². The van der Waals surface area contributed by atoms with Gasteiger partial charge in [-0.2, -0.15) is 0 Å². The molecule has 1 aliphatic heterocycles. The van der Waals surface area contributed by atoms with Crippen molar-refractivity contribution in [2.24, 2.45) is 0 Å². The maximum absolute atomic E-state index is 13.4. The number of pyridine rings is 1. The zero-order valence-electron chi connectivity index (χ0n) is 20.3. The molecule has 2 atom stereocenters. The molecule has 1 aromatic carbocycles. The van der Waals surface area contributed by atoms with Crippen LogP contribution in [0.5, 0.6) is 0 Å². The highest BCUT2D eigenvalue weighted by Crippen LogP contribution is 2.33. The van der Waals surface area contributed by atoms with E-state index >= 15 is 0 Å². The third-order valence-electron chi connectivity index (χ3n) is 6.19. The first-order valence-electron chi connectivity index (χ1n) is 11.8. The predicted molar refractivity (Wildman–Crippen MR) is 145 cm³/mol. The molecular formula is C25H28BrN7O2S. The Balaban J connectivity index is 1.42. The number of halogens is 1. The lowest BCUT2D eigenvalue weighted by Crippen LogP contribution is -2.54. The minimum absolute atomic E-state index is 0.211. The minimum atomic E-state index is -3.81. The summed E-state index contributed by atoms with van der Waals surface area (Å²) in [5.41, 5.74) is 2.94. The van der Waals surface area contributed by atoms with Crippen molar-refractivity contribution >= 4 is 48.6 Å². The van der Waals surface area contributed by atoms with Gasteiger partial charge in [0.15, 0.2) is 5.65 Å². The standard InChI is InChI=1S/C25H28BrN7O2S/c1-16-4-6-20(7-5-16)36(34,35)33-15-21(26)23-22(9-11-27-24(23)33)29-12-19-8-10-28-25(31-19)32-13-17(2)30-18(3)14-32/h4-11,15,17-18,30H,12-14H2,1-3H3,(H,27,29)/t17-,18+. The quantitative estimate of drug-likeness (QED) is 0.360. The van der Waals surface area contributed by atoms with Crippen LogP contribution in [0.4, 0.5) is 11.6 Å². The number of piperazine rings is 1. The molecule has 4 aromatic rings. The highest BCUT2D eigenvalue weighted by atomic mass is 79.9. The molecule has 1 aliphatic rings. The molecule has 1 saturated heterocycles. The van der Waals surface area contributed by atoms with E-state index in [2.05, 4.69) is 55.3 Å². The van der Waals surface area contributed by atoms with Gasteiger partial charge in [-0.25, -0.2) is 27.3 Å².